The molecule has 0 amide bonds. The summed E-state index contributed by atoms with van der Waals surface area (Å²) in [7, 11) is 1.56. The highest BCUT2D eigenvalue weighted by molar-refractivity contribution is 14.1. The third-order valence-corrected chi connectivity index (χ3v) is 4.33. The number of rotatable bonds is 4. The van der Waals surface area contributed by atoms with Crippen LogP contribution >= 0.6 is 45.8 Å². The molecule has 1 aromatic heterocycles. The molecule has 20 heavy (non-hydrogen) atoms. The fourth-order valence-corrected chi connectivity index (χ4v) is 2.60. The second-order valence-electron chi connectivity index (χ2n) is 4.12. The van der Waals surface area contributed by atoms with E-state index in [0.29, 0.717) is 38.2 Å². The van der Waals surface area contributed by atoms with Gasteiger partial charge in [-0.2, -0.15) is 0 Å². The van der Waals surface area contributed by atoms with Gasteiger partial charge in [0.1, 0.15) is 9.39 Å². The highest BCUT2D eigenvalue weighted by Crippen LogP contribution is 2.22. The third-order valence-electron chi connectivity index (χ3n) is 2.63. The lowest BCUT2D eigenvalue weighted by Gasteiger charge is -2.07. The quantitative estimate of drug-likeness (QED) is 0.765. The number of hydrogen-bond acceptors (Lipinski definition) is 3. The van der Waals surface area contributed by atoms with Crippen LogP contribution in [0.4, 0.5) is 0 Å². The summed E-state index contributed by atoms with van der Waals surface area (Å²) in [5, 5.41) is 1.12. The Morgan fingerprint density at radius 2 is 2.15 bits per heavy atom. The van der Waals surface area contributed by atoms with E-state index >= 15 is 0 Å². The molecule has 1 N–H and O–H groups in total. The summed E-state index contributed by atoms with van der Waals surface area (Å²) in [4.78, 5) is 19.0. The van der Waals surface area contributed by atoms with Crippen LogP contribution in [0.25, 0.3) is 0 Å². The number of halogens is 3. The molecule has 0 radical (unpaired) electrons. The van der Waals surface area contributed by atoms with Crippen LogP contribution in [-0.2, 0) is 17.8 Å². The van der Waals surface area contributed by atoms with E-state index in [9.17, 15) is 4.79 Å². The fraction of sp³-hybridized carbons (Fsp3) is 0.231. The summed E-state index contributed by atoms with van der Waals surface area (Å²) in [6.45, 7) is 0.295. The topological polar surface area (TPSA) is 55.0 Å². The van der Waals surface area contributed by atoms with E-state index in [4.69, 9.17) is 27.9 Å². The Bertz CT molecular complexity index is 689. The van der Waals surface area contributed by atoms with E-state index in [0.717, 1.165) is 5.56 Å². The number of aromatic amines is 1. The minimum atomic E-state index is -0.173. The Hall–Kier alpha value is -0.630. The van der Waals surface area contributed by atoms with E-state index in [2.05, 4.69) is 9.97 Å². The van der Waals surface area contributed by atoms with Crippen molar-refractivity contribution in [1.29, 1.82) is 0 Å². The zero-order valence-corrected chi connectivity index (χ0v) is 14.2. The molecule has 0 fully saturated rings. The molecule has 0 unspecified atom stereocenters. The molecule has 0 bridgehead atoms. The number of methoxy groups -OCH3 is 1. The van der Waals surface area contributed by atoms with Gasteiger partial charge in [-0.25, -0.2) is 4.98 Å². The average molecular weight is 425 g/mol. The van der Waals surface area contributed by atoms with E-state index in [1.807, 2.05) is 28.7 Å². The van der Waals surface area contributed by atoms with E-state index in [1.54, 1.807) is 19.2 Å². The molecule has 0 saturated carbocycles. The lowest BCUT2D eigenvalue weighted by atomic mass is 10.1. The predicted octanol–water partition coefficient (Wildman–Crippen LogP) is 3.42. The van der Waals surface area contributed by atoms with Crippen molar-refractivity contribution in [2.24, 2.45) is 0 Å². The van der Waals surface area contributed by atoms with Crippen LogP contribution in [0.15, 0.2) is 23.0 Å². The van der Waals surface area contributed by atoms with Gasteiger partial charge in [0.05, 0.1) is 12.3 Å². The van der Waals surface area contributed by atoms with Crippen LogP contribution in [0, 0.1) is 3.57 Å². The molecule has 2 aromatic rings. The number of nitrogens with one attached hydrogen (secondary N) is 1. The van der Waals surface area contributed by atoms with E-state index in [-0.39, 0.29) is 5.56 Å². The molecule has 0 aliphatic heterocycles. The van der Waals surface area contributed by atoms with Crippen LogP contribution in [0.3, 0.4) is 0 Å². The van der Waals surface area contributed by atoms with E-state index in [1.165, 1.54) is 0 Å². The molecule has 0 saturated heterocycles. The minimum absolute atomic E-state index is 0.173. The van der Waals surface area contributed by atoms with Crippen molar-refractivity contribution in [3.05, 3.63) is 59.3 Å². The molecule has 0 aliphatic rings. The van der Waals surface area contributed by atoms with Crippen molar-refractivity contribution in [2.45, 2.75) is 13.0 Å². The van der Waals surface area contributed by atoms with Gasteiger partial charge >= 0.3 is 0 Å². The summed E-state index contributed by atoms with van der Waals surface area (Å²) >= 11 is 13.9. The third kappa shape index (κ3) is 3.72. The molecule has 0 aliphatic carbocycles. The summed E-state index contributed by atoms with van der Waals surface area (Å²) < 4.78 is 5.58. The predicted molar refractivity (Wildman–Crippen MR) is 87.6 cm³/mol. The van der Waals surface area contributed by atoms with Gasteiger partial charge in [-0.3, -0.25) is 4.79 Å². The number of benzene rings is 1. The van der Waals surface area contributed by atoms with Crippen molar-refractivity contribution in [2.75, 3.05) is 7.11 Å². The van der Waals surface area contributed by atoms with E-state index < -0.39 is 0 Å². The molecule has 106 valence electrons. The van der Waals surface area contributed by atoms with Gasteiger partial charge in [0.25, 0.3) is 5.56 Å². The van der Waals surface area contributed by atoms with Gasteiger partial charge in [-0.1, -0.05) is 29.3 Å². The lowest BCUT2D eigenvalue weighted by Crippen LogP contribution is -2.18. The Labute approximate surface area is 139 Å². The largest absolute Gasteiger partial charge is 0.378 e. The first-order chi connectivity index (χ1) is 9.51. The van der Waals surface area contributed by atoms with Crippen LogP contribution < -0.4 is 5.56 Å². The first kappa shape index (κ1) is 15.8. The molecule has 4 nitrogen and oxygen atoms in total. The smallest absolute Gasteiger partial charge is 0.264 e. The van der Waals surface area contributed by atoms with Crippen molar-refractivity contribution in [3.63, 3.8) is 0 Å². The Kier molecular flexibility index (Phi) is 5.42. The van der Waals surface area contributed by atoms with Crippen LogP contribution in [0.5, 0.6) is 0 Å². The zero-order chi connectivity index (χ0) is 14.7. The number of aromatic nitrogens is 2. The van der Waals surface area contributed by atoms with Gasteiger partial charge in [-0.05, 0) is 40.3 Å². The summed E-state index contributed by atoms with van der Waals surface area (Å²) in [5.74, 6) is 0.548. The van der Waals surface area contributed by atoms with Gasteiger partial charge in [0.15, 0.2) is 0 Å². The molecule has 1 aromatic carbocycles. The molecule has 2 rings (SSSR count). The molecular weight excluding hydrogens is 414 g/mol. The Balaban J connectivity index is 2.36. The van der Waals surface area contributed by atoms with Gasteiger partial charge in [-0.15, -0.1) is 0 Å². The van der Waals surface area contributed by atoms with Crippen molar-refractivity contribution in [3.8, 4) is 0 Å². The maximum atomic E-state index is 11.9. The fourth-order valence-electron chi connectivity index (χ4n) is 1.72. The summed E-state index contributed by atoms with van der Waals surface area (Å²) in [5.41, 5.74) is 1.30. The zero-order valence-electron chi connectivity index (χ0n) is 10.5. The van der Waals surface area contributed by atoms with Crippen molar-refractivity contribution >= 4 is 45.8 Å². The highest BCUT2D eigenvalue weighted by Gasteiger charge is 2.10. The minimum Gasteiger partial charge on any atom is -0.378 e. The first-order valence-corrected chi connectivity index (χ1v) is 7.55. The number of H-pyrrole nitrogens is 1. The Morgan fingerprint density at radius 1 is 1.40 bits per heavy atom. The Morgan fingerprint density at radius 3 is 2.80 bits per heavy atom. The van der Waals surface area contributed by atoms with Gasteiger partial charge < -0.3 is 9.72 Å². The maximum absolute atomic E-state index is 11.9. The number of hydrogen-bond donors (Lipinski definition) is 1. The number of nitrogens with zero attached hydrogens (tertiary/aromatic N) is 1. The van der Waals surface area contributed by atoms with Gasteiger partial charge in [0, 0.05) is 23.6 Å². The van der Waals surface area contributed by atoms with Gasteiger partial charge in [0.2, 0.25) is 0 Å². The van der Waals surface area contributed by atoms with Crippen molar-refractivity contribution in [1.82, 2.24) is 9.97 Å². The molecule has 1 heterocycles. The second-order valence-corrected chi connectivity index (χ2v) is 6.04. The van der Waals surface area contributed by atoms with Crippen LogP contribution in [0.1, 0.15) is 17.1 Å². The molecule has 0 spiro atoms. The standard InChI is InChI=1S/C13H11Cl2IN2O2/c1-20-6-10-12(16)13(19)18-11(17-10)4-7-2-3-8(14)5-9(7)15/h2-3,5H,4,6H2,1H3,(H,17,18,19). The summed E-state index contributed by atoms with van der Waals surface area (Å²) in [6, 6.07) is 5.24. The number of ether oxygens (including phenoxy) is 1. The molecule has 0 atom stereocenters. The molecule has 7 heteroatoms. The average Bonchev–Trinajstić information content (AvgIpc) is 2.39. The monoisotopic (exact) mass is 424 g/mol. The highest BCUT2D eigenvalue weighted by atomic mass is 127. The van der Waals surface area contributed by atoms with Crippen molar-refractivity contribution < 1.29 is 4.74 Å². The molecular formula is C13H11Cl2IN2O2. The second kappa shape index (κ2) is 6.89. The first-order valence-electron chi connectivity index (χ1n) is 5.71. The normalized spacial score (nSPS) is 10.8. The maximum Gasteiger partial charge on any atom is 0.264 e. The SMILES string of the molecule is COCc1nc(Cc2ccc(Cl)cc2Cl)[nH]c(=O)c1I. The van der Waals surface area contributed by atoms with Crippen LogP contribution in [0.2, 0.25) is 10.0 Å². The lowest BCUT2D eigenvalue weighted by molar-refractivity contribution is 0.180. The van der Waals surface area contributed by atoms with Crippen LogP contribution in [-0.4, -0.2) is 17.1 Å². The summed E-state index contributed by atoms with van der Waals surface area (Å²) in [6.07, 6.45) is 0.429.